The summed E-state index contributed by atoms with van der Waals surface area (Å²) >= 11 is 1.94. The molecule has 1 aliphatic heterocycles. The number of unbranched alkanes of at least 4 members (excludes halogenated alkanes) is 1. The van der Waals surface area contributed by atoms with E-state index in [9.17, 15) is 9.59 Å². The Morgan fingerprint density at radius 3 is 2.60 bits per heavy atom. The van der Waals surface area contributed by atoms with Gasteiger partial charge >= 0.3 is 0 Å². The summed E-state index contributed by atoms with van der Waals surface area (Å²) in [6.45, 7) is 2.87. The molecule has 0 spiro atoms. The summed E-state index contributed by atoms with van der Waals surface area (Å²) in [6.07, 6.45) is 5.14. The minimum atomic E-state index is -0.202. The second kappa shape index (κ2) is 10.9. The van der Waals surface area contributed by atoms with Crippen molar-refractivity contribution < 1.29 is 14.3 Å². The lowest BCUT2D eigenvalue weighted by Gasteiger charge is -2.27. The van der Waals surface area contributed by atoms with E-state index in [4.69, 9.17) is 4.74 Å². The summed E-state index contributed by atoms with van der Waals surface area (Å²) in [7, 11) is 1.73. The first-order chi connectivity index (χ1) is 14.6. The van der Waals surface area contributed by atoms with Crippen LogP contribution in [0, 0.1) is 0 Å². The van der Waals surface area contributed by atoms with Gasteiger partial charge in [-0.3, -0.25) is 9.59 Å². The maximum Gasteiger partial charge on any atom is 0.293 e. The van der Waals surface area contributed by atoms with Crippen molar-refractivity contribution in [1.82, 2.24) is 5.32 Å². The Morgan fingerprint density at radius 2 is 1.83 bits per heavy atom. The van der Waals surface area contributed by atoms with Gasteiger partial charge in [-0.2, -0.15) is 11.8 Å². The van der Waals surface area contributed by atoms with Gasteiger partial charge < -0.3 is 15.0 Å². The fourth-order valence-electron chi connectivity index (χ4n) is 3.06. The quantitative estimate of drug-likeness (QED) is 0.467. The van der Waals surface area contributed by atoms with Crippen molar-refractivity contribution in [3.63, 3.8) is 0 Å². The van der Waals surface area contributed by atoms with Crippen LogP contribution in [0.3, 0.4) is 0 Å². The zero-order valence-corrected chi connectivity index (χ0v) is 18.3. The van der Waals surface area contributed by atoms with Gasteiger partial charge in [0, 0.05) is 19.2 Å². The number of hydrogen-bond acceptors (Lipinski definition) is 4. The van der Waals surface area contributed by atoms with Gasteiger partial charge in [-0.25, -0.2) is 0 Å². The monoisotopic (exact) mass is 424 g/mol. The number of thioether (sulfide) groups is 1. The van der Waals surface area contributed by atoms with Gasteiger partial charge in [0.05, 0.1) is 5.69 Å². The molecule has 1 aliphatic rings. The minimum Gasteiger partial charge on any atom is -0.449 e. The van der Waals surface area contributed by atoms with Gasteiger partial charge in [0.15, 0.2) is 11.5 Å². The summed E-state index contributed by atoms with van der Waals surface area (Å²) in [5, 5.41) is 2.96. The zero-order chi connectivity index (χ0) is 21.3. The van der Waals surface area contributed by atoms with Gasteiger partial charge in [0.2, 0.25) is 0 Å². The average Bonchev–Trinajstić information content (AvgIpc) is 2.77. The number of hydrogen-bond donors (Lipinski definition) is 1. The molecule has 2 aromatic carbocycles. The van der Waals surface area contributed by atoms with Crippen LogP contribution in [0.5, 0.6) is 5.75 Å². The van der Waals surface area contributed by atoms with Gasteiger partial charge in [-0.1, -0.05) is 37.6 Å². The number of nitrogens with one attached hydrogen (secondary N) is 1. The molecule has 0 saturated heterocycles. The molecule has 0 aromatic heterocycles. The van der Waals surface area contributed by atoms with Crippen molar-refractivity contribution in [2.24, 2.45) is 0 Å². The molecule has 1 heterocycles. The Morgan fingerprint density at radius 1 is 1.10 bits per heavy atom. The molecular weight excluding hydrogens is 396 g/mol. The third-order valence-electron chi connectivity index (χ3n) is 4.83. The fourth-order valence-corrected chi connectivity index (χ4v) is 4.10. The first-order valence-corrected chi connectivity index (χ1v) is 11.5. The zero-order valence-electron chi connectivity index (χ0n) is 17.5. The highest BCUT2D eigenvalue weighted by Crippen LogP contribution is 2.34. The molecule has 3 rings (SSSR count). The van der Waals surface area contributed by atoms with Crippen LogP contribution in [0.4, 0.5) is 5.69 Å². The van der Waals surface area contributed by atoms with E-state index in [2.05, 4.69) is 12.2 Å². The molecule has 0 radical (unpaired) electrons. The molecule has 2 aromatic rings. The maximum absolute atomic E-state index is 12.6. The molecule has 158 valence electrons. The second-order valence-corrected chi connectivity index (χ2v) is 8.36. The molecule has 5 nitrogen and oxygen atoms in total. The van der Waals surface area contributed by atoms with E-state index in [1.54, 1.807) is 30.2 Å². The fraction of sp³-hybridized carbons (Fsp3) is 0.333. The number of ether oxygens (including phenoxy) is 1. The van der Waals surface area contributed by atoms with Gasteiger partial charge in [-0.15, -0.1) is 0 Å². The summed E-state index contributed by atoms with van der Waals surface area (Å²) in [4.78, 5) is 26.4. The molecule has 0 fully saturated rings. The number of para-hydroxylation sites is 2. The van der Waals surface area contributed by atoms with Crippen LogP contribution < -0.4 is 15.0 Å². The summed E-state index contributed by atoms with van der Waals surface area (Å²) in [5.74, 6) is 2.88. The summed E-state index contributed by atoms with van der Waals surface area (Å²) in [5.41, 5.74) is 2.15. The topological polar surface area (TPSA) is 58.6 Å². The van der Waals surface area contributed by atoms with Crippen LogP contribution in [0.2, 0.25) is 0 Å². The van der Waals surface area contributed by atoms with Crippen molar-refractivity contribution >= 4 is 35.3 Å². The number of fused-ring (bicyclic) bond motifs is 1. The first-order valence-electron chi connectivity index (χ1n) is 10.3. The van der Waals surface area contributed by atoms with Crippen molar-refractivity contribution in [2.45, 2.75) is 26.2 Å². The van der Waals surface area contributed by atoms with E-state index in [0.717, 1.165) is 23.4 Å². The molecule has 2 amide bonds. The number of rotatable bonds is 9. The third kappa shape index (κ3) is 5.66. The summed E-state index contributed by atoms with van der Waals surface area (Å²) < 4.78 is 5.79. The third-order valence-corrected chi connectivity index (χ3v) is 5.98. The molecular formula is C24H28N2O3S. The van der Waals surface area contributed by atoms with Crippen LogP contribution >= 0.6 is 11.8 Å². The smallest absolute Gasteiger partial charge is 0.293 e. The first kappa shape index (κ1) is 22.0. The SMILES string of the molecule is CCCCSCCCNC(=O)c1ccc(C=C2Oc3ccccc3N(C)C2=O)cc1. The molecule has 0 bridgehead atoms. The van der Waals surface area contributed by atoms with Crippen LogP contribution in [-0.4, -0.2) is 36.9 Å². The average molecular weight is 425 g/mol. The highest BCUT2D eigenvalue weighted by molar-refractivity contribution is 7.99. The number of amides is 2. The molecule has 0 aliphatic carbocycles. The Bertz CT molecular complexity index is 909. The van der Waals surface area contributed by atoms with E-state index in [1.807, 2.05) is 48.2 Å². The van der Waals surface area contributed by atoms with E-state index in [0.29, 0.717) is 17.9 Å². The molecule has 0 atom stereocenters. The van der Waals surface area contributed by atoms with Crippen LogP contribution in [-0.2, 0) is 4.79 Å². The lowest BCUT2D eigenvalue weighted by Crippen LogP contribution is -2.33. The van der Waals surface area contributed by atoms with Crippen molar-refractivity contribution in [3.8, 4) is 5.75 Å². The number of anilines is 1. The lowest BCUT2D eigenvalue weighted by molar-refractivity contribution is -0.117. The normalized spacial score (nSPS) is 14.4. The van der Waals surface area contributed by atoms with E-state index < -0.39 is 0 Å². The van der Waals surface area contributed by atoms with Gasteiger partial charge in [-0.05, 0) is 60.3 Å². The largest absolute Gasteiger partial charge is 0.449 e. The maximum atomic E-state index is 12.6. The van der Waals surface area contributed by atoms with E-state index in [-0.39, 0.29) is 17.6 Å². The molecule has 0 saturated carbocycles. The predicted octanol–water partition coefficient (Wildman–Crippen LogP) is 4.74. The van der Waals surface area contributed by atoms with E-state index >= 15 is 0 Å². The molecule has 0 unspecified atom stereocenters. The van der Waals surface area contributed by atoms with Crippen LogP contribution in [0.1, 0.15) is 42.1 Å². The molecule has 6 heteroatoms. The number of carbonyl (C=O) groups is 2. The van der Waals surface area contributed by atoms with Gasteiger partial charge in [0.25, 0.3) is 11.8 Å². The Balaban J connectivity index is 1.55. The standard InChI is InChI=1S/C24H28N2O3S/c1-3-4-15-30-16-7-14-25-23(27)19-12-10-18(11-13-19)17-22-24(28)26(2)20-8-5-6-9-21(20)29-22/h5-6,8-13,17H,3-4,7,14-16H2,1-2H3,(H,25,27). The molecule has 1 N–H and O–H groups in total. The summed E-state index contributed by atoms with van der Waals surface area (Å²) in [6, 6.07) is 14.6. The Labute approximate surface area is 182 Å². The number of likely N-dealkylation sites (N-methyl/N-ethyl adjacent to an activating group) is 1. The van der Waals surface area contributed by atoms with Gasteiger partial charge in [0.1, 0.15) is 0 Å². The Kier molecular flexibility index (Phi) is 7.97. The lowest BCUT2D eigenvalue weighted by atomic mass is 10.1. The number of benzene rings is 2. The van der Waals surface area contributed by atoms with E-state index in [1.165, 1.54) is 18.6 Å². The number of carbonyl (C=O) groups excluding carboxylic acids is 2. The Hall–Kier alpha value is -2.73. The second-order valence-electron chi connectivity index (χ2n) is 7.14. The van der Waals surface area contributed by atoms with Crippen LogP contribution in [0.25, 0.3) is 6.08 Å². The van der Waals surface area contributed by atoms with Crippen molar-refractivity contribution in [2.75, 3.05) is 30.0 Å². The van der Waals surface area contributed by atoms with Crippen LogP contribution in [0.15, 0.2) is 54.3 Å². The molecule has 30 heavy (non-hydrogen) atoms. The number of nitrogens with zero attached hydrogens (tertiary/aromatic N) is 1. The van der Waals surface area contributed by atoms with Crippen molar-refractivity contribution in [1.29, 1.82) is 0 Å². The highest BCUT2D eigenvalue weighted by atomic mass is 32.2. The predicted molar refractivity (Wildman–Crippen MR) is 124 cm³/mol. The minimum absolute atomic E-state index is 0.0774. The van der Waals surface area contributed by atoms with Crippen molar-refractivity contribution in [3.05, 3.63) is 65.4 Å². The highest BCUT2D eigenvalue weighted by Gasteiger charge is 2.27.